The zero-order valence-electron chi connectivity index (χ0n) is 20.1. The number of carbonyl (C=O) groups is 2. The van der Waals surface area contributed by atoms with Gasteiger partial charge < -0.3 is 9.64 Å². The van der Waals surface area contributed by atoms with Crippen molar-refractivity contribution in [2.24, 2.45) is 10.8 Å². The molecule has 2 heterocycles. The van der Waals surface area contributed by atoms with Crippen LogP contribution in [0.1, 0.15) is 44.7 Å². The molecule has 0 amide bonds. The number of benzene rings is 2. The normalized spacial score (nSPS) is 24.8. The van der Waals surface area contributed by atoms with Crippen molar-refractivity contribution >= 4 is 29.2 Å². The molecule has 0 aliphatic carbocycles. The molecule has 2 aromatic rings. The van der Waals surface area contributed by atoms with E-state index in [9.17, 15) is 25.0 Å². The van der Waals surface area contributed by atoms with E-state index in [0.29, 0.717) is 5.56 Å². The summed E-state index contributed by atoms with van der Waals surface area (Å²) >= 11 is 0. The molecule has 2 aliphatic rings. The number of carbonyl (C=O) groups excluding carboxylic acids is 2. The summed E-state index contributed by atoms with van der Waals surface area (Å²) in [5, 5.41) is 21.9. The summed E-state index contributed by atoms with van der Waals surface area (Å²) in [5.41, 5.74) is -0.543. The number of nitro groups is 1. The van der Waals surface area contributed by atoms with Crippen LogP contribution >= 0.6 is 0 Å². The van der Waals surface area contributed by atoms with Crippen LogP contribution in [0.4, 0.5) is 11.4 Å². The average Bonchev–Trinajstić information content (AvgIpc) is 3.14. The first kappa shape index (κ1) is 24.1. The molecule has 0 bridgehead atoms. The largest absolute Gasteiger partial charge is 0.465 e. The molecule has 2 aromatic carbocycles. The number of non-ortho nitro benzene ring substituents is 1. The van der Waals surface area contributed by atoms with E-state index in [-0.39, 0.29) is 18.1 Å². The quantitative estimate of drug-likeness (QED) is 0.353. The number of hydrogen-bond acceptors (Lipinski definition) is 7. The standard InChI is InChI=1S/C27H27N3O5/c1-5-35-25(32)27(16-28)21-15-12-17-8-6-7-9-20(17)29(21)23(24(31)26(2,3)4)22(27)18-10-13-19(14-11-18)30(33)34/h6-15,21-23H,5H2,1-4H3/t21?,22-,23+,27-/m1/s1. The van der Waals surface area contributed by atoms with Crippen LogP contribution in [-0.4, -0.2) is 35.4 Å². The number of hydrogen-bond donors (Lipinski definition) is 0. The van der Waals surface area contributed by atoms with Crippen molar-refractivity contribution in [1.82, 2.24) is 0 Å². The maximum atomic E-state index is 14.0. The second-order valence-electron chi connectivity index (χ2n) is 9.86. The van der Waals surface area contributed by atoms with E-state index in [4.69, 9.17) is 4.74 Å². The van der Waals surface area contributed by atoms with E-state index in [0.717, 1.165) is 11.3 Å². The molecule has 180 valence electrons. The van der Waals surface area contributed by atoms with Crippen molar-refractivity contribution in [2.75, 3.05) is 11.5 Å². The molecule has 0 N–H and O–H groups in total. The molecular weight excluding hydrogens is 446 g/mol. The highest BCUT2D eigenvalue weighted by molar-refractivity contribution is 5.99. The predicted molar refractivity (Wildman–Crippen MR) is 131 cm³/mol. The van der Waals surface area contributed by atoms with Gasteiger partial charge in [0.2, 0.25) is 0 Å². The molecule has 1 fully saturated rings. The molecule has 0 radical (unpaired) electrons. The highest BCUT2D eigenvalue weighted by Crippen LogP contribution is 2.57. The van der Waals surface area contributed by atoms with E-state index in [1.165, 1.54) is 24.3 Å². The Morgan fingerprint density at radius 1 is 1.17 bits per heavy atom. The number of ether oxygens (including phenoxy) is 1. The smallest absolute Gasteiger partial charge is 0.329 e. The number of nitrogens with zero attached hydrogens (tertiary/aromatic N) is 3. The van der Waals surface area contributed by atoms with Crippen LogP contribution in [0.25, 0.3) is 6.08 Å². The molecule has 1 unspecified atom stereocenters. The fraction of sp³-hybridized carbons (Fsp3) is 0.370. The minimum atomic E-state index is -1.75. The summed E-state index contributed by atoms with van der Waals surface area (Å²) in [5.74, 6) is -1.77. The summed E-state index contributed by atoms with van der Waals surface area (Å²) in [7, 11) is 0. The number of Topliss-reactive ketones (excluding diaryl/α,β-unsaturated/α-hetero) is 1. The summed E-state index contributed by atoms with van der Waals surface area (Å²) in [6.45, 7) is 7.15. The van der Waals surface area contributed by atoms with Gasteiger partial charge in [0.25, 0.3) is 5.69 Å². The third kappa shape index (κ3) is 3.68. The number of nitro benzene ring substituents is 1. The minimum absolute atomic E-state index is 0.0696. The Morgan fingerprint density at radius 2 is 1.83 bits per heavy atom. The molecule has 35 heavy (non-hydrogen) atoms. The van der Waals surface area contributed by atoms with Gasteiger partial charge in [0, 0.05) is 29.2 Å². The molecule has 0 saturated carbocycles. The molecule has 4 atom stereocenters. The van der Waals surface area contributed by atoms with Crippen LogP contribution < -0.4 is 4.90 Å². The van der Waals surface area contributed by atoms with Crippen LogP contribution in [0.3, 0.4) is 0 Å². The number of anilines is 1. The summed E-state index contributed by atoms with van der Waals surface area (Å²) in [6.07, 6.45) is 3.65. The number of rotatable bonds is 5. The van der Waals surface area contributed by atoms with Gasteiger partial charge in [0.15, 0.2) is 11.2 Å². The van der Waals surface area contributed by atoms with Crippen LogP contribution in [0.5, 0.6) is 0 Å². The van der Waals surface area contributed by atoms with E-state index in [1.54, 1.807) is 33.8 Å². The van der Waals surface area contributed by atoms with Crippen LogP contribution in [0.15, 0.2) is 54.6 Å². The first-order chi connectivity index (χ1) is 16.6. The third-order valence-corrected chi connectivity index (χ3v) is 6.81. The van der Waals surface area contributed by atoms with E-state index in [2.05, 4.69) is 6.07 Å². The van der Waals surface area contributed by atoms with Crippen LogP contribution in [0, 0.1) is 32.3 Å². The minimum Gasteiger partial charge on any atom is -0.465 e. The molecule has 0 aromatic heterocycles. The van der Waals surface area contributed by atoms with Gasteiger partial charge in [-0.05, 0) is 24.1 Å². The fourth-order valence-corrected chi connectivity index (χ4v) is 5.24. The Labute approximate surface area is 204 Å². The molecular formula is C27H27N3O5. The van der Waals surface area contributed by atoms with Gasteiger partial charge in [0.1, 0.15) is 0 Å². The van der Waals surface area contributed by atoms with Crippen molar-refractivity contribution in [2.45, 2.75) is 45.7 Å². The van der Waals surface area contributed by atoms with Gasteiger partial charge in [-0.3, -0.25) is 19.7 Å². The first-order valence-electron chi connectivity index (χ1n) is 11.5. The van der Waals surface area contributed by atoms with Gasteiger partial charge in [-0.15, -0.1) is 0 Å². The van der Waals surface area contributed by atoms with Crippen molar-refractivity contribution in [1.29, 1.82) is 5.26 Å². The number of fused-ring (bicyclic) bond motifs is 3. The number of para-hydroxylation sites is 1. The zero-order chi connectivity index (χ0) is 25.5. The van der Waals surface area contributed by atoms with Crippen molar-refractivity contribution in [3.05, 3.63) is 75.8 Å². The van der Waals surface area contributed by atoms with Gasteiger partial charge in [-0.1, -0.05) is 63.3 Å². The lowest BCUT2D eigenvalue weighted by Crippen LogP contribution is -2.48. The Balaban J connectivity index is 2.04. The summed E-state index contributed by atoms with van der Waals surface area (Å²) in [6, 6.07) is 13.9. The number of ketones is 1. The van der Waals surface area contributed by atoms with Crippen molar-refractivity contribution in [3.8, 4) is 6.07 Å². The summed E-state index contributed by atoms with van der Waals surface area (Å²) < 4.78 is 5.44. The van der Waals surface area contributed by atoms with Gasteiger partial charge in [-0.2, -0.15) is 5.26 Å². The van der Waals surface area contributed by atoms with Gasteiger partial charge in [-0.25, -0.2) is 0 Å². The number of esters is 1. The lowest BCUT2D eigenvalue weighted by Gasteiger charge is -2.37. The monoisotopic (exact) mass is 473 g/mol. The zero-order valence-corrected chi connectivity index (χ0v) is 20.1. The topological polar surface area (TPSA) is 114 Å². The Kier molecular flexibility index (Phi) is 5.97. The molecule has 8 nitrogen and oxygen atoms in total. The highest BCUT2D eigenvalue weighted by atomic mass is 16.6. The lowest BCUT2D eigenvalue weighted by atomic mass is 9.67. The fourth-order valence-electron chi connectivity index (χ4n) is 5.24. The molecule has 8 heteroatoms. The van der Waals surface area contributed by atoms with E-state index >= 15 is 0 Å². The van der Waals surface area contributed by atoms with E-state index < -0.39 is 39.7 Å². The molecule has 2 aliphatic heterocycles. The van der Waals surface area contributed by atoms with Crippen molar-refractivity contribution in [3.63, 3.8) is 0 Å². The predicted octanol–water partition coefficient (Wildman–Crippen LogP) is 4.65. The Hall–Kier alpha value is -3.99. The highest BCUT2D eigenvalue weighted by Gasteiger charge is 2.67. The summed E-state index contributed by atoms with van der Waals surface area (Å²) in [4.78, 5) is 40.3. The lowest BCUT2D eigenvalue weighted by molar-refractivity contribution is -0.384. The Bertz CT molecular complexity index is 1250. The van der Waals surface area contributed by atoms with Crippen LogP contribution in [-0.2, 0) is 14.3 Å². The van der Waals surface area contributed by atoms with Crippen molar-refractivity contribution < 1.29 is 19.2 Å². The maximum absolute atomic E-state index is 14.0. The average molecular weight is 474 g/mol. The maximum Gasteiger partial charge on any atom is 0.329 e. The second-order valence-corrected chi connectivity index (χ2v) is 9.86. The Morgan fingerprint density at radius 3 is 2.40 bits per heavy atom. The number of nitriles is 1. The first-order valence-corrected chi connectivity index (χ1v) is 11.5. The van der Waals surface area contributed by atoms with Crippen LogP contribution in [0.2, 0.25) is 0 Å². The SMILES string of the molecule is CCOC(=O)[C@]1(C#N)C2C=Cc3ccccc3N2[C@H](C(=O)C(C)(C)C)[C@H]1c1ccc([N+](=O)[O-])cc1. The third-order valence-electron chi connectivity index (χ3n) is 6.81. The molecule has 0 spiro atoms. The van der Waals surface area contributed by atoms with Gasteiger partial charge >= 0.3 is 5.97 Å². The van der Waals surface area contributed by atoms with Gasteiger partial charge in [0.05, 0.1) is 29.7 Å². The second kappa shape index (κ2) is 8.66. The van der Waals surface area contributed by atoms with E-state index in [1.807, 2.05) is 35.2 Å². The molecule has 1 saturated heterocycles. The molecule has 4 rings (SSSR count).